The van der Waals surface area contributed by atoms with Crippen molar-refractivity contribution in [3.63, 3.8) is 0 Å². The predicted molar refractivity (Wildman–Crippen MR) is 99.7 cm³/mol. The van der Waals surface area contributed by atoms with Gasteiger partial charge < -0.3 is 9.80 Å². The maximum atomic E-state index is 11.2. The first-order valence-electron chi connectivity index (χ1n) is 8.27. The number of anilines is 1. The molecule has 7 nitrogen and oxygen atoms in total. The molecule has 1 saturated heterocycles. The fourth-order valence-corrected chi connectivity index (χ4v) is 2.78. The SMILES string of the molecule is C=C(C#Cc1cc(C)ccn1)N1CCN(c2ncccc2[N+](=O)[O-])CC1. The van der Waals surface area contributed by atoms with Crippen molar-refractivity contribution in [3.8, 4) is 11.8 Å². The number of allylic oxidation sites excluding steroid dienone is 1. The van der Waals surface area contributed by atoms with Gasteiger partial charge in [0.25, 0.3) is 0 Å². The number of aryl methyl sites for hydroxylation is 1. The van der Waals surface area contributed by atoms with E-state index in [1.54, 1.807) is 18.5 Å². The highest BCUT2D eigenvalue weighted by Crippen LogP contribution is 2.26. The molecule has 1 aliphatic rings. The normalized spacial score (nSPS) is 13.7. The Morgan fingerprint density at radius 2 is 2.00 bits per heavy atom. The van der Waals surface area contributed by atoms with Crippen LogP contribution in [0, 0.1) is 28.9 Å². The van der Waals surface area contributed by atoms with Crippen LogP contribution in [0.2, 0.25) is 0 Å². The van der Waals surface area contributed by atoms with Gasteiger partial charge in [-0.25, -0.2) is 9.97 Å². The molecule has 0 bridgehead atoms. The quantitative estimate of drug-likeness (QED) is 0.481. The molecule has 0 spiro atoms. The molecule has 2 aromatic heterocycles. The van der Waals surface area contributed by atoms with Crippen molar-refractivity contribution >= 4 is 11.5 Å². The van der Waals surface area contributed by atoms with Crippen LogP contribution in [0.1, 0.15) is 11.3 Å². The Hall–Kier alpha value is -3.40. The first kappa shape index (κ1) is 17.4. The number of rotatable bonds is 3. The Bertz CT molecular complexity index is 892. The number of piperazine rings is 1. The van der Waals surface area contributed by atoms with Crippen molar-refractivity contribution in [2.45, 2.75) is 6.92 Å². The number of nitro groups is 1. The summed E-state index contributed by atoms with van der Waals surface area (Å²) in [6.45, 7) is 8.66. The number of hydrogen-bond acceptors (Lipinski definition) is 6. The smallest absolute Gasteiger partial charge is 0.311 e. The molecule has 0 atom stereocenters. The van der Waals surface area contributed by atoms with E-state index in [1.165, 1.54) is 6.07 Å². The molecule has 0 aromatic carbocycles. The van der Waals surface area contributed by atoms with Gasteiger partial charge in [0, 0.05) is 44.6 Å². The second kappa shape index (κ2) is 7.66. The Kier molecular flexibility index (Phi) is 5.13. The molecule has 1 aliphatic heterocycles. The van der Waals surface area contributed by atoms with Crippen molar-refractivity contribution in [1.82, 2.24) is 14.9 Å². The zero-order valence-corrected chi connectivity index (χ0v) is 14.6. The molecule has 0 unspecified atom stereocenters. The minimum atomic E-state index is -0.395. The van der Waals surface area contributed by atoms with Crippen LogP contribution in [0.25, 0.3) is 0 Å². The monoisotopic (exact) mass is 349 g/mol. The molecular weight excluding hydrogens is 330 g/mol. The fourth-order valence-electron chi connectivity index (χ4n) is 2.78. The van der Waals surface area contributed by atoms with E-state index in [0.29, 0.717) is 37.7 Å². The lowest BCUT2D eigenvalue weighted by Gasteiger charge is -2.35. The Morgan fingerprint density at radius 1 is 1.23 bits per heavy atom. The van der Waals surface area contributed by atoms with Crippen LogP contribution >= 0.6 is 0 Å². The van der Waals surface area contributed by atoms with Gasteiger partial charge in [0.1, 0.15) is 5.69 Å². The van der Waals surface area contributed by atoms with E-state index in [0.717, 1.165) is 11.3 Å². The second-order valence-corrected chi connectivity index (χ2v) is 5.99. The van der Waals surface area contributed by atoms with E-state index in [1.807, 2.05) is 24.0 Å². The minimum Gasteiger partial charge on any atom is -0.362 e. The molecule has 3 rings (SSSR count). The lowest BCUT2D eigenvalue weighted by molar-refractivity contribution is -0.384. The molecule has 3 heterocycles. The van der Waals surface area contributed by atoms with Gasteiger partial charge in [0.2, 0.25) is 5.82 Å². The molecule has 132 valence electrons. The van der Waals surface area contributed by atoms with Gasteiger partial charge in [0.05, 0.1) is 10.6 Å². The summed E-state index contributed by atoms with van der Waals surface area (Å²) in [5.41, 5.74) is 2.59. The number of aromatic nitrogens is 2. The van der Waals surface area contributed by atoms with Gasteiger partial charge in [0.15, 0.2) is 0 Å². The first-order chi connectivity index (χ1) is 12.5. The average molecular weight is 349 g/mol. The third-order valence-corrected chi connectivity index (χ3v) is 4.17. The molecule has 0 aliphatic carbocycles. The minimum absolute atomic E-state index is 0.0325. The Labute approximate surface area is 152 Å². The summed E-state index contributed by atoms with van der Waals surface area (Å²) in [5, 5.41) is 11.2. The van der Waals surface area contributed by atoms with Gasteiger partial charge in [-0.2, -0.15) is 0 Å². The summed E-state index contributed by atoms with van der Waals surface area (Å²) in [6, 6.07) is 6.91. The predicted octanol–water partition coefficient (Wildman–Crippen LogP) is 2.38. The molecule has 26 heavy (non-hydrogen) atoms. The first-order valence-corrected chi connectivity index (χ1v) is 8.27. The van der Waals surface area contributed by atoms with Gasteiger partial charge in [-0.15, -0.1) is 0 Å². The second-order valence-electron chi connectivity index (χ2n) is 5.99. The average Bonchev–Trinajstić information content (AvgIpc) is 2.66. The van der Waals surface area contributed by atoms with E-state index in [4.69, 9.17) is 0 Å². The summed E-state index contributed by atoms with van der Waals surface area (Å²) < 4.78 is 0. The molecule has 0 saturated carbocycles. The summed E-state index contributed by atoms with van der Waals surface area (Å²) in [5.74, 6) is 6.50. The molecule has 7 heteroatoms. The Balaban J connectivity index is 1.64. The highest BCUT2D eigenvalue weighted by molar-refractivity contribution is 5.57. The number of hydrogen-bond donors (Lipinski definition) is 0. The molecule has 2 aromatic rings. The van der Waals surface area contributed by atoms with Crippen molar-refractivity contribution in [1.29, 1.82) is 0 Å². The largest absolute Gasteiger partial charge is 0.362 e. The van der Waals surface area contributed by atoms with E-state index in [9.17, 15) is 10.1 Å². The third-order valence-electron chi connectivity index (χ3n) is 4.17. The maximum Gasteiger partial charge on any atom is 0.311 e. The van der Waals surface area contributed by atoms with Gasteiger partial charge in [-0.3, -0.25) is 10.1 Å². The summed E-state index contributed by atoms with van der Waals surface area (Å²) in [4.78, 5) is 23.2. The highest BCUT2D eigenvalue weighted by atomic mass is 16.6. The van der Waals surface area contributed by atoms with Crippen LogP contribution in [-0.2, 0) is 0 Å². The standard InChI is InChI=1S/C19H19N5O2/c1-15-7-9-20-17(14-15)6-5-16(2)22-10-12-23(13-11-22)19-18(24(25)26)4-3-8-21-19/h3-4,7-9,14H,2,10-13H2,1H3. The molecule has 1 fully saturated rings. The van der Waals surface area contributed by atoms with Crippen LogP contribution in [0.4, 0.5) is 11.5 Å². The topological polar surface area (TPSA) is 75.4 Å². The molecule has 0 radical (unpaired) electrons. The van der Waals surface area contributed by atoms with Crippen LogP contribution < -0.4 is 4.90 Å². The van der Waals surface area contributed by atoms with Gasteiger partial charge in [-0.1, -0.05) is 6.58 Å². The van der Waals surface area contributed by atoms with E-state index >= 15 is 0 Å². The number of nitrogens with zero attached hydrogens (tertiary/aromatic N) is 5. The fraction of sp³-hybridized carbons (Fsp3) is 0.263. The van der Waals surface area contributed by atoms with Crippen LogP contribution in [0.15, 0.2) is 48.9 Å². The van der Waals surface area contributed by atoms with E-state index in [2.05, 4.69) is 33.3 Å². The van der Waals surface area contributed by atoms with Crippen LogP contribution in [0.3, 0.4) is 0 Å². The summed E-state index contributed by atoms with van der Waals surface area (Å²) in [6.07, 6.45) is 3.31. The zero-order chi connectivity index (χ0) is 18.5. The van der Waals surface area contributed by atoms with E-state index in [-0.39, 0.29) is 5.69 Å². The Morgan fingerprint density at radius 3 is 2.69 bits per heavy atom. The van der Waals surface area contributed by atoms with Gasteiger partial charge in [-0.05, 0) is 42.5 Å². The van der Waals surface area contributed by atoms with Crippen LogP contribution in [-0.4, -0.2) is 46.0 Å². The summed E-state index contributed by atoms with van der Waals surface area (Å²) >= 11 is 0. The number of pyridine rings is 2. The molecule has 0 amide bonds. The molecular formula is C19H19N5O2. The highest BCUT2D eigenvalue weighted by Gasteiger charge is 2.24. The van der Waals surface area contributed by atoms with Crippen molar-refractivity contribution < 1.29 is 4.92 Å². The van der Waals surface area contributed by atoms with Crippen molar-refractivity contribution in [2.24, 2.45) is 0 Å². The van der Waals surface area contributed by atoms with E-state index < -0.39 is 4.92 Å². The third kappa shape index (κ3) is 3.98. The lowest BCUT2D eigenvalue weighted by Crippen LogP contribution is -2.46. The van der Waals surface area contributed by atoms with Crippen LogP contribution in [0.5, 0.6) is 0 Å². The van der Waals surface area contributed by atoms with Crippen molar-refractivity contribution in [2.75, 3.05) is 31.1 Å². The zero-order valence-electron chi connectivity index (χ0n) is 14.6. The molecule has 0 N–H and O–H groups in total. The van der Waals surface area contributed by atoms with Crippen molar-refractivity contribution in [3.05, 3.63) is 70.3 Å². The van der Waals surface area contributed by atoms with Gasteiger partial charge >= 0.3 is 5.69 Å². The maximum absolute atomic E-state index is 11.2. The summed E-state index contributed by atoms with van der Waals surface area (Å²) in [7, 11) is 0. The lowest BCUT2D eigenvalue weighted by atomic mass is 10.2.